The van der Waals surface area contributed by atoms with Crippen LogP contribution in [-0.2, 0) is 9.59 Å². The Balaban J connectivity index is 2.36. The maximum Gasteiger partial charge on any atom is 0.346 e. The number of rotatable bonds is 3. The van der Waals surface area contributed by atoms with Gasteiger partial charge in [0, 0.05) is 0 Å². The lowest BCUT2D eigenvalue weighted by Gasteiger charge is -2.34. The fraction of sp³-hybridized carbons (Fsp3) is 0.385. The summed E-state index contributed by atoms with van der Waals surface area (Å²) < 4.78 is 5.35. The summed E-state index contributed by atoms with van der Waals surface area (Å²) in [6.45, 7) is 1.78. The minimum Gasteiger partial charge on any atom is -0.478 e. The lowest BCUT2D eigenvalue weighted by molar-refractivity contribution is -0.145. The van der Waals surface area contributed by atoms with Gasteiger partial charge in [-0.2, -0.15) is 0 Å². The lowest BCUT2D eigenvalue weighted by Crippen LogP contribution is -2.51. The van der Waals surface area contributed by atoms with Gasteiger partial charge >= 0.3 is 5.97 Å². The van der Waals surface area contributed by atoms with Crippen molar-refractivity contribution in [3.05, 3.63) is 24.3 Å². The van der Waals surface area contributed by atoms with Crippen molar-refractivity contribution in [2.24, 2.45) is 5.73 Å². The molecule has 0 spiro atoms. The monoisotopic (exact) mass is 264 g/mol. The number of nitrogens with zero attached hydrogens (tertiary/aromatic N) is 1. The van der Waals surface area contributed by atoms with Crippen molar-refractivity contribution in [2.75, 3.05) is 11.4 Å². The molecule has 2 unspecified atom stereocenters. The Kier molecular flexibility index (Phi) is 3.71. The fourth-order valence-electron chi connectivity index (χ4n) is 1.95. The van der Waals surface area contributed by atoms with Gasteiger partial charge in [0.1, 0.15) is 5.75 Å². The van der Waals surface area contributed by atoms with Crippen LogP contribution in [0.25, 0.3) is 0 Å². The molecule has 0 radical (unpaired) electrons. The van der Waals surface area contributed by atoms with Crippen LogP contribution in [0.5, 0.6) is 5.75 Å². The van der Waals surface area contributed by atoms with Gasteiger partial charge in [0.2, 0.25) is 12.0 Å². The van der Waals surface area contributed by atoms with Gasteiger partial charge in [0.15, 0.2) is 0 Å². The Morgan fingerprint density at radius 2 is 2.21 bits per heavy atom. The Morgan fingerprint density at radius 3 is 2.84 bits per heavy atom. The highest BCUT2D eigenvalue weighted by Crippen LogP contribution is 2.33. The maximum absolute atomic E-state index is 12.2. The van der Waals surface area contributed by atoms with Crippen molar-refractivity contribution in [2.45, 2.75) is 25.5 Å². The number of amides is 1. The van der Waals surface area contributed by atoms with Gasteiger partial charge in [-0.1, -0.05) is 19.1 Å². The summed E-state index contributed by atoms with van der Waals surface area (Å²) in [6, 6.07) is 6.21. The zero-order valence-electron chi connectivity index (χ0n) is 10.6. The van der Waals surface area contributed by atoms with Gasteiger partial charge in [0.25, 0.3) is 0 Å². The summed E-state index contributed by atoms with van der Waals surface area (Å²) >= 11 is 0. The molecule has 0 fully saturated rings. The van der Waals surface area contributed by atoms with Crippen molar-refractivity contribution in [1.82, 2.24) is 0 Å². The van der Waals surface area contributed by atoms with E-state index in [1.165, 1.54) is 4.90 Å². The van der Waals surface area contributed by atoms with E-state index in [2.05, 4.69) is 0 Å². The SMILES string of the molecule is CCC(N)C(=O)N1CC(C(=O)O)Oc2ccccc21. The summed E-state index contributed by atoms with van der Waals surface area (Å²) in [7, 11) is 0. The largest absolute Gasteiger partial charge is 0.478 e. The van der Waals surface area contributed by atoms with Crippen LogP contribution in [0.15, 0.2) is 24.3 Å². The summed E-state index contributed by atoms with van der Waals surface area (Å²) in [5, 5.41) is 9.06. The number of ether oxygens (including phenoxy) is 1. The number of carbonyl (C=O) groups excluding carboxylic acids is 1. The summed E-state index contributed by atoms with van der Waals surface area (Å²) in [5.41, 5.74) is 6.31. The van der Waals surface area contributed by atoms with Crippen LogP contribution in [0, 0.1) is 0 Å². The van der Waals surface area contributed by atoms with Gasteiger partial charge in [-0.3, -0.25) is 4.79 Å². The first-order valence-electron chi connectivity index (χ1n) is 6.10. The minimum atomic E-state index is -1.10. The molecule has 1 aliphatic heterocycles. The quantitative estimate of drug-likeness (QED) is 0.834. The molecule has 0 aliphatic carbocycles. The Bertz CT molecular complexity index is 503. The number of anilines is 1. The average molecular weight is 264 g/mol. The molecule has 1 heterocycles. The molecule has 0 saturated heterocycles. The van der Waals surface area contributed by atoms with Crippen LogP contribution < -0.4 is 15.4 Å². The smallest absolute Gasteiger partial charge is 0.346 e. The lowest BCUT2D eigenvalue weighted by atomic mass is 10.1. The number of fused-ring (bicyclic) bond motifs is 1. The third kappa shape index (κ3) is 2.53. The third-order valence-electron chi connectivity index (χ3n) is 3.07. The first-order chi connectivity index (χ1) is 9.04. The zero-order chi connectivity index (χ0) is 14.0. The van der Waals surface area contributed by atoms with Crippen molar-refractivity contribution in [3.63, 3.8) is 0 Å². The van der Waals surface area contributed by atoms with Crippen LogP contribution in [0.3, 0.4) is 0 Å². The van der Waals surface area contributed by atoms with E-state index in [-0.39, 0.29) is 12.5 Å². The van der Waals surface area contributed by atoms with Crippen LogP contribution in [0.1, 0.15) is 13.3 Å². The van der Waals surface area contributed by atoms with Crippen molar-refractivity contribution < 1.29 is 19.4 Å². The highest BCUT2D eigenvalue weighted by Gasteiger charge is 2.34. The molecule has 1 amide bonds. The molecule has 102 valence electrons. The first kappa shape index (κ1) is 13.4. The highest BCUT2D eigenvalue weighted by atomic mass is 16.5. The second-order valence-electron chi connectivity index (χ2n) is 4.38. The number of benzene rings is 1. The van der Waals surface area contributed by atoms with E-state index in [0.29, 0.717) is 17.9 Å². The molecule has 19 heavy (non-hydrogen) atoms. The number of para-hydroxylation sites is 2. The predicted octanol–water partition coefficient (Wildman–Crippen LogP) is 0.603. The predicted molar refractivity (Wildman–Crippen MR) is 69.1 cm³/mol. The minimum absolute atomic E-state index is 0.0289. The van der Waals surface area contributed by atoms with E-state index in [4.69, 9.17) is 15.6 Å². The number of carboxylic acids is 1. The first-order valence-corrected chi connectivity index (χ1v) is 6.10. The molecule has 2 atom stereocenters. The van der Waals surface area contributed by atoms with E-state index in [0.717, 1.165) is 0 Å². The third-order valence-corrected chi connectivity index (χ3v) is 3.07. The molecule has 1 aromatic carbocycles. The standard InChI is InChI=1S/C13H16N2O4/c1-2-8(14)12(16)15-7-11(13(17)18)19-10-6-4-3-5-9(10)15/h3-6,8,11H,2,7,14H2,1H3,(H,17,18). The second kappa shape index (κ2) is 5.27. The zero-order valence-corrected chi connectivity index (χ0v) is 10.6. The number of carbonyl (C=O) groups is 2. The van der Waals surface area contributed by atoms with E-state index < -0.39 is 18.1 Å². The van der Waals surface area contributed by atoms with Gasteiger partial charge in [-0.25, -0.2) is 4.79 Å². The van der Waals surface area contributed by atoms with E-state index >= 15 is 0 Å². The van der Waals surface area contributed by atoms with Crippen LogP contribution in [0.4, 0.5) is 5.69 Å². The molecule has 1 aliphatic rings. The molecule has 0 aromatic heterocycles. The second-order valence-corrected chi connectivity index (χ2v) is 4.38. The molecule has 3 N–H and O–H groups in total. The molecular weight excluding hydrogens is 248 g/mol. The van der Waals surface area contributed by atoms with Crippen LogP contribution in [0.2, 0.25) is 0 Å². The van der Waals surface area contributed by atoms with Crippen LogP contribution >= 0.6 is 0 Å². The number of hydrogen-bond donors (Lipinski definition) is 2. The normalized spacial score (nSPS) is 19.3. The van der Waals surface area contributed by atoms with Crippen LogP contribution in [-0.4, -0.2) is 35.7 Å². The van der Waals surface area contributed by atoms with E-state index in [1.54, 1.807) is 24.3 Å². The number of carboxylic acid groups (broad SMARTS) is 1. The molecular formula is C13H16N2O4. The Hall–Kier alpha value is -2.08. The topological polar surface area (TPSA) is 92.9 Å². The molecule has 1 aromatic rings. The van der Waals surface area contributed by atoms with Crippen molar-refractivity contribution in [1.29, 1.82) is 0 Å². The summed E-state index contributed by atoms with van der Waals surface area (Å²) in [6.07, 6.45) is -0.571. The molecule has 6 nitrogen and oxygen atoms in total. The molecule has 0 bridgehead atoms. The molecule has 2 rings (SSSR count). The molecule has 0 saturated carbocycles. The summed E-state index contributed by atoms with van der Waals surface area (Å²) in [5.74, 6) is -1.00. The highest BCUT2D eigenvalue weighted by molar-refractivity contribution is 5.99. The Morgan fingerprint density at radius 1 is 1.53 bits per heavy atom. The number of aliphatic carboxylic acids is 1. The van der Waals surface area contributed by atoms with Crippen molar-refractivity contribution in [3.8, 4) is 5.75 Å². The number of nitrogens with two attached hydrogens (primary N) is 1. The Labute approximate surface area is 110 Å². The van der Waals surface area contributed by atoms with E-state index in [1.807, 2.05) is 6.92 Å². The van der Waals surface area contributed by atoms with Gasteiger partial charge < -0.3 is 20.5 Å². The summed E-state index contributed by atoms with van der Waals surface area (Å²) in [4.78, 5) is 24.7. The van der Waals surface area contributed by atoms with Gasteiger partial charge in [-0.15, -0.1) is 0 Å². The molecule has 6 heteroatoms. The fourth-order valence-corrected chi connectivity index (χ4v) is 1.95. The van der Waals surface area contributed by atoms with Gasteiger partial charge in [0.05, 0.1) is 18.3 Å². The van der Waals surface area contributed by atoms with Gasteiger partial charge in [-0.05, 0) is 18.6 Å². The van der Waals surface area contributed by atoms with E-state index in [9.17, 15) is 9.59 Å². The number of hydrogen-bond acceptors (Lipinski definition) is 4. The average Bonchev–Trinajstić information content (AvgIpc) is 2.44. The van der Waals surface area contributed by atoms with Crippen molar-refractivity contribution >= 4 is 17.6 Å². The maximum atomic E-state index is 12.2.